The van der Waals surface area contributed by atoms with Gasteiger partial charge in [0, 0.05) is 24.1 Å². The van der Waals surface area contributed by atoms with Gasteiger partial charge in [0.05, 0.1) is 41.8 Å². The summed E-state index contributed by atoms with van der Waals surface area (Å²) in [7, 11) is 0. The van der Waals surface area contributed by atoms with Gasteiger partial charge in [-0.15, -0.1) is 0 Å². The number of hydrogen-bond donors (Lipinski definition) is 1. The zero-order valence-electron chi connectivity index (χ0n) is 23.6. The van der Waals surface area contributed by atoms with Gasteiger partial charge < -0.3 is 9.84 Å². The maximum Gasteiger partial charge on any atom is 0.257 e. The molecule has 1 aliphatic carbocycles. The van der Waals surface area contributed by atoms with Crippen LogP contribution >= 0.6 is 0 Å². The van der Waals surface area contributed by atoms with E-state index in [1.807, 2.05) is 51.5 Å². The minimum Gasteiger partial charge on any atom is -0.388 e. The molecule has 4 aromatic rings. The van der Waals surface area contributed by atoms with Gasteiger partial charge in [0.15, 0.2) is 0 Å². The smallest absolute Gasteiger partial charge is 0.257 e. The average Bonchev–Trinajstić information content (AvgIpc) is 3.44. The second-order valence-electron chi connectivity index (χ2n) is 11.5. The first kappa shape index (κ1) is 27.8. The van der Waals surface area contributed by atoms with E-state index in [2.05, 4.69) is 30.2 Å². The van der Waals surface area contributed by atoms with Crippen LogP contribution in [-0.2, 0) is 17.6 Å². The van der Waals surface area contributed by atoms with Crippen molar-refractivity contribution in [2.45, 2.75) is 83.5 Å². The summed E-state index contributed by atoms with van der Waals surface area (Å²) in [6.45, 7) is 5.95. The molecule has 0 aliphatic heterocycles. The minimum atomic E-state index is -0.848. The number of aromatic nitrogens is 3. The van der Waals surface area contributed by atoms with E-state index in [1.54, 1.807) is 20.0 Å². The summed E-state index contributed by atoms with van der Waals surface area (Å²) in [6, 6.07) is 20.1. The normalized spacial score (nSPS) is 17.7. The summed E-state index contributed by atoms with van der Waals surface area (Å²) in [5.41, 5.74) is 5.43. The van der Waals surface area contributed by atoms with Crippen molar-refractivity contribution in [2.24, 2.45) is 0 Å². The van der Waals surface area contributed by atoms with Crippen LogP contribution in [0.5, 0.6) is 0 Å². The topological polar surface area (TPSA) is 92.5 Å². The summed E-state index contributed by atoms with van der Waals surface area (Å²) < 4.78 is 9.90. The van der Waals surface area contributed by atoms with Gasteiger partial charge in [0.1, 0.15) is 5.65 Å². The van der Waals surface area contributed by atoms with E-state index in [-0.39, 0.29) is 17.7 Å². The molecule has 1 fully saturated rings. The number of rotatable bonds is 9. The Balaban J connectivity index is 1.45. The van der Waals surface area contributed by atoms with Gasteiger partial charge in [-0.05, 0) is 68.7 Å². The Bertz CT molecular complexity index is 1560. The lowest BCUT2D eigenvalue weighted by molar-refractivity contribution is -0.0654. The van der Waals surface area contributed by atoms with Crippen LogP contribution in [0, 0.1) is 11.3 Å². The van der Waals surface area contributed by atoms with E-state index < -0.39 is 5.60 Å². The lowest BCUT2D eigenvalue weighted by Gasteiger charge is -2.32. The predicted molar refractivity (Wildman–Crippen MR) is 156 cm³/mol. The molecule has 1 saturated carbocycles. The highest BCUT2D eigenvalue weighted by molar-refractivity contribution is 5.70. The molecule has 1 N–H and O–H groups in total. The lowest BCUT2D eigenvalue weighted by Crippen LogP contribution is -2.36. The summed E-state index contributed by atoms with van der Waals surface area (Å²) in [5, 5.41) is 24.2. The number of ether oxygens (including phenoxy) is 1. The van der Waals surface area contributed by atoms with Gasteiger partial charge in [-0.1, -0.05) is 55.8 Å². The van der Waals surface area contributed by atoms with E-state index in [0.717, 1.165) is 72.1 Å². The van der Waals surface area contributed by atoms with Crippen LogP contribution in [0.25, 0.3) is 16.8 Å². The number of aliphatic hydroxyl groups is 1. The van der Waals surface area contributed by atoms with Crippen LogP contribution in [0.1, 0.15) is 81.3 Å². The first-order valence-electron chi connectivity index (χ1n) is 14.3. The van der Waals surface area contributed by atoms with Crippen LogP contribution in [0.15, 0.2) is 65.6 Å². The van der Waals surface area contributed by atoms with Crippen molar-refractivity contribution in [1.82, 2.24) is 14.2 Å². The van der Waals surface area contributed by atoms with Crippen LogP contribution in [-0.4, -0.2) is 37.6 Å². The molecule has 0 spiro atoms. The Labute approximate surface area is 235 Å². The van der Waals surface area contributed by atoms with Gasteiger partial charge in [0.2, 0.25) is 0 Å². The van der Waals surface area contributed by atoms with Crippen LogP contribution in [0.2, 0.25) is 0 Å². The van der Waals surface area contributed by atoms with E-state index in [1.165, 1.54) is 0 Å². The zero-order valence-corrected chi connectivity index (χ0v) is 23.6. The maximum atomic E-state index is 14.2. The standard InChI is InChI=1S/C33H38N4O3/c1-4-7-30-29(20-23-10-12-24(13-11-23)28-9-6-5-8-25(28)21-34)32(38)36(31-18-19-35-37(30)31)26-14-16-27(17-15-26)40-22-33(2,3)39/h5-6,8-13,18-19,26-27,39H,4,7,14-17,20,22H2,1-3H3/t26-,27-. The molecular weight excluding hydrogens is 500 g/mol. The van der Waals surface area contributed by atoms with Gasteiger partial charge >= 0.3 is 0 Å². The highest BCUT2D eigenvalue weighted by atomic mass is 16.5. The molecule has 5 rings (SSSR count). The zero-order chi connectivity index (χ0) is 28.3. The summed E-state index contributed by atoms with van der Waals surface area (Å²) in [6.07, 6.45) is 7.49. The number of benzene rings is 2. The summed E-state index contributed by atoms with van der Waals surface area (Å²) in [4.78, 5) is 14.2. The molecule has 40 heavy (non-hydrogen) atoms. The van der Waals surface area contributed by atoms with Gasteiger partial charge in [-0.2, -0.15) is 10.4 Å². The maximum absolute atomic E-state index is 14.2. The largest absolute Gasteiger partial charge is 0.388 e. The third-order valence-corrected chi connectivity index (χ3v) is 7.81. The monoisotopic (exact) mass is 538 g/mol. The highest BCUT2D eigenvalue weighted by Crippen LogP contribution is 2.32. The molecular formula is C33H38N4O3. The molecule has 208 valence electrons. The lowest BCUT2D eigenvalue weighted by atomic mass is 9.92. The minimum absolute atomic E-state index is 0.0659. The van der Waals surface area contributed by atoms with Crippen molar-refractivity contribution in [3.05, 3.63) is 93.5 Å². The van der Waals surface area contributed by atoms with Crippen LogP contribution < -0.4 is 5.56 Å². The van der Waals surface area contributed by atoms with Crippen molar-refractivity contribution < 1.29 is 9.84 Å². The van der Waals surface area contributed by atoms with E-state index in [4.69, 9.17) is 4.74 Å². The second-order valence-corrected chi connectivity index (χ2v) is 11.5. The molecule has 0 bridgehead atoms. The Morgan fingerprint density at radius 2 is 1.80 bits per heavy atom. The molecule has 0 radical (unpaired) electrons. The molecule has 2 heterocycles. The molecule has 2 aromatic heterocycles. The third-order valence-electron chi connectivity index (χ3n) is 7.81. The van der Waals surface area contributed by atoms with E-state index in [0.29, 0.717) is 18.6 Å². The molecule has 7 heteroatoms. The number of nitrogens with zero attached hydrogens (tertiary/aromatic N) is 4. The highest BCUT2D eigenvalue weighted by Gasteiger charge is 2.28. The van der Waals surface area contributed by atoms with Gasteiger partial charge in [-0.3, -0.25) is 9.36 Å². The average molecular weight is 539 g/mol. The fourth-order valence-electron chi connectivity index (χ4n) is 5.84. The molecule has 0 atom stereocenters. The number of aryl methyl sites for hydroxylation is 1. The fraction of sp³-hybridized carbons (Fsp3) is 0.424. The van der Waals surface area contributed by atoms with Gasteiger partial charge in [0.25, 0.3) is 5.56 Å². The Morgan fingerprint density at radius 3 is 2.48 bits per heavy atom. The number of nitriles is 1. The molecule has 0 amide bonds. The van der Waals surface area contributed by atoms with Crippen molar-refractivity contribution in [3.63, 3.8) is 0 Å². The van der Waals surface area contributed by atoms with Gasteiger partial charge in [-0.25, -0.2) is 4.52 Å². The Hall–Kier alpha value is -3.73. The van der Waals surface area contributed by atoms with Crippen LogP contribution in [0.3, 0.4) is 0 Å². The number of fused-ring (bicyclic) bond motifs is 1. The summed E-state index contributed by atoms with van der Waals surface area (Å²) in [5.74, 6) is 0. The Kier molecular flexibility index (Phi) is 8.20. The number of hydrogen-bond acceptors (Lipinski definition) is 5. The molecule has 2 aromatic carbocycles. The molecule has 0 unspecified atom stereocenters. The molecule has 0 saturated heterocycles. The first-order valence-corrected chi connectivity index (χ1v) is 14.3. The Morgan fingerprint density at radius 1 is 1.07 bits per heavy atom. The van der Waals surface area contributed by atoms with Crippen molar-refractivity contribution in [2.75, 3.05) is 6.61 Å². The van der Waals surface area contributed by atoms with Crippen molar-refractivity contribution in [3.8, 4) is 17.2 Å². The van der Waals surface area contributed by atoms with Crippen molar-refractivity contribution >= 4 is 5.65 Å². The first-order chi connectivity index (χ1) is 19.3. The molecule has 1 aliphatic rings. The second kappa shape index (κ2) is 11.8. The molecule has 7 nitrogen and oxygen atoms in total. The predicted octanol–water partition coefficient (Wildman–Crippen LogP) is 5.85. The fourth-order valence-corrected chi connectivity index (χ4v) is 5.84. The van der Waals surface area contributed by atoms with Crippen molar-refractivity contribution in [1.29, 1.82) is 5.26 Å². The SMILES string of the molecule is CCCc1c(Cc2ccc(-c3ccccc3C#N)cc2)c(=O)n([C@H]2CC[C@H](OCC(C)(C)O)CC2)c2ccnn12. The van der Waals surface area contributed by atoms with E-state index >= 15 is 0 Å². The quantitative estimate of drug-likeness (QED) is 0.289. The van der Waals surface area contributed by atoms with E-state index in [9.17, 15) is 15.2 Å². The third kappa shape index (κ3) is 5.89. The van der Waals surface area contributed by atoms with Crippen LogP contribution in [0.4, 0.5) is 0 Å². The summed E-state index contributed by atoms with van der Waals surface area (Å²) >= 11 is 0.